The molecule has 2 unspecified atom stereocenters. The number of hydrogen-bond acceptors (Lipinski definition) is 3. The topological polar surface area (TPSA) is 78.5 Å². The summed E-state index contributed by atoms with van der Waals surface area (Å²) in [4.78, 5) is 37.6. The van der Waals surface area contributed by atoms with Crippen LogP contribution >= 0.6 is 11.6 Å². The molecular formula is C16H20ClN3O3. The van der Waals surface area contributed by atoms with Gasteiger partial charge in [-0.3, -0.25) is 14.5 Å². The summed E-state index contributed by atoms with van der Waals surface area (Å²) in [6.07, 6.45) is 0.772. The van der Waals surface area contributed by atoms with Crippen LogP contribution in [0.1, 0.15) is 32.8 Å². The molecule has 1 aliphatic rings. The van der Waals surface area contributed by atoms with E-state index in [1.165, 1.54) is 0 Å². The molecule has 124 valence electrons. The molecule has 2 N–H and O–H groups in total. The van der Waals surface area contributed by atoms with Gasteiger partial charge in [-0.15, -0.1) is 0 Å². The second-order valence-corrected chi connectivity index (χ2v) is 6.27. The lowest BCUT2D eigenvalue weighted by molar-refractivity contribution is -0.135. The molecule has 0 bridgehead atoms. The zero-order chi connectivity index (χ0) is 17.2. The Kier molecular flexibility index (Phi) is 4.94. The molecule has 1 aromatic rings. The van der Waals surface area contributed by atoms with Crippen LogP contribution in [0.3, 0.4) is 0 Å². The molecule has 23 heavy (non-hydrogen) atoms. The first-order chi connectivity index (χ1) is 10.8. The molecule has 7 heteroatoms. The third-order valence-corrected chi connectivity index (χ3v) is 4.27. The zero-order valence-corrected chi connectivity index (χ0v) is 14.1. The van der Waals surface area contributed by atoms with Crippen LogP contribution in [-0.2, 0) is 15.1 Å². The normalized spacial score (nSPS) is 22.0. The maximum Gasteiger partial charge on any atom is 0.325 e. The van der Waals surface area contributed by atoms with Crippen LogP contribution in [0.2, 0.25) is 5.02 Å². The Morgan fingerprint density at radius 2 is 1.96 bits per heavy atom. The Morgan fingerprint density at radius 3 is 2.52 bits per heavy atom. The van der Waals surface area contributed by atoms with Crippen molar-refractivity contribution in [3.63, 3.8) is 0 Å². The van der Waals surface area contributed by atoms with Gasteiger partial charge < -0.3 is 10.6 Å². The van der Waals surface area contributed by atoms with E-state index in [0.29, 0.717) is 10.6 Å². The van der Waals surface area contributed by atoms with Gasteiger partial charge in [0.25, 0.3) is 5.91 Å². The summed E-state index contributed by atoms with van der Waals surface area (Å²) in [7, 11) is 0. The Hall–Kier alpha value is -2.08. The van der Waals surface area contributed by atoms with Crippen molar-refractivity contribution in [2.75, 3.05) is 6.54 Å². The van der Waals surface area contributed by atoms with E-state index in [1.807, 2.05) is 13.8 Å². The van der Waals surface area contributed by atoms with E-state index in [1.54, 1.807) is 31.2 Å². The van der Waals surface area contributed by atoms with Gasteiger partial charge in [0.15, 0.2) is 0 Å². The Morgan fingerprint density at radius 1 is 1.35 bits per heavy atom. The van der Waals surface area contributed by atoms with Gasteiger partial charge >= 0.3 is 6.03 Å². The molecule has 4 amide bonds. The lowest BCUT2D eigenvalue weighted by Crippen LogP contribution is -2.44. The standard InChI is InChI=1S/C16H20ClN3O3/c1-4-10(2)18-13(21)9-20-14(22)16(3,19-15(20)23)11-5-7-12(17)8-6-11/h5-8,10H,4,9H2,1-3H3,(H,18,21)(H,19,23). The first-order valence-corrected chi connectivity index (χ1v) is 7.85. The molecule has 0 saturated carbocycles. The maximum atomic E-state index is 12.6. The van der Waals surface area contributed by atoms with Crippen molar-refractivity contribution in [1.29, 1.82) is 0 Å². The van der Waals surface area contributed by atoms with Gasteiger partial charge in [0, 0.05) is 11.1 Å². The average molecular weight is 338 g/mol. The second kappa shape index (κ2) is 6.58. The molecule has 1 heterocycles. The summed E-state index contributed by atoms with van der Waals surface area (Å²) in [5, 5.41) is 5.94. The van der Waals surface area contributed by atoms with E-state index < -0.39 is 17.5 Å². The highest BCUT2D eigenvalue weighted by Crippen LogP contribution is 2.29. The van der Waals surface area contributed by atoms with E-state index in [0.717, 1.165) is 11.3 Å². The van der Waals surface area contributed by atoms with Crippen LogP contribution < -0.4 is 10.6 Å². The van der Waals surface area contributed by atoms with Crippen LogP contribution in [0.15, 0.2) is 24.3 Å². The minimum Gasteiger partial charge on any atom is -0.352 e. The molecular weight excluding hydrogens is 318 g/mol. The quantitative estimate of drug-likeness (QED) is 0.807. The summed E-state index contributed by atoms with van der Waals surface area (Å²) in [6, 6.07) is 6.09. The highest BCUT2D eigenvalue weighted by atomic mass is 35.5. The van der Waals surface area contributed by atoms with E-state index in [9.17, 15) is 14.4 Å². The minimum absolute atomic E-state index is 0.00841. The third kappa shape index (κ3) is 3.47. The average Bonchev–Trinajstić information content (AvgIpc) is 2.72. The number of benzene rings is 1. The van der Waals surface area contributed by atoms with Crippen LogP contribution in [-0.4, -0.2) is 35.3 Å². The second-order valence-electron chi connectivity index (χ2n) is 5.83. The monoisotopic (exact) mass is 337 g/mol. The van der Waals surface area contributed by atoms with Crippen molar-refractivity contribution in [2.24, 2.45) is 0 Å². The number of halogens is 1. The highest BCUT2D eigenvalue weighted by molar-refractivity contribution is 6.30. The molecule has 1 saturated heterocycles. The van der Waals surface area contributed by atoms with Gasteiger partial charge in [-0.05, 0) is 38.0 Å². The summed E-state index contributed by atoms with van der Waals surface area (Å²) in [5.74, 6) is -0.813. The zero-order valence-electron chi connectivity index (χ0n) is 13.4. The predicted molar refractivity (Wildman–Crippen MR) is 86.9 cm³/mol. The fourth-order valence-electron chi connectivity index (χ4n) is 2.39. The molecule has 1 aromatic carbocycles. The van der Waals surface area contributed by atoms with Crippen LogP contribution in [0.25, 0.3) is 0 Å². The molecule has 1 fully saturated rings. The summed E-state index contributed by atoms with van der Waals surface area (Å²) >= 11 is 5.85. The van der Waals surface area contributed by atoms with Crippen LogP contribution in [0, 0.1) is 0 Å². The van der Waals surface area contributed by atoms with E-state index >= 15 is 0 Å². The molecule has 0 radical (unpaired) electrons. The fraction of sp³-hybridized carbons (Fsp3) is 0.438. The highest BCUT2D eigenvalue weighted by Gasteiger charge is 2.49. The molecule has 0 spiro atoms. The molecule has 2 atom stereocenters. The Balaban J connectivity index is 2.16. The molecule has 0 aromatic heterocycles. The smallest absolute Gasteiger partial charge is 0.325 e. The SMILES string of the molecule is CCC(C)NC(=O)CN1C(=O)NC(C)(c2ccc(Cl)cc2)C1=O. The van der Waals surface area contributed by atoms with Crippen molar-refractivity contribution < 1.29 is 14.4 Å². The van der Waals surface area contributed by atoms with Gasteiger partial charge in [-0.25, -0.2) is 4.79 Å². The van der Waals surface area contributed by atoms with E-state index in [4.69, 9.17) is 11.6 Å². The number of urea groups is 1. The number of imide groups is 1. The Bertz CT molecular complexity index is 632. The lowest BCUT2D eigenvalue weighted by Gasteiger charge is -2.22. The number of rotatable bonds is 5. The molecule has 1 aliphatic heterocycles. The minimum atomic E-state index is -1.20. The predicted octanol–water partition coefficient (Wildman–Crippen LogP) is 2.02. The van der Waals surface area contributed by atoms with Gasteiger partial charge in [-0.2, -0.15) is 0 Å². The van der Waals surface area contributed by atoms with E-state index in [2.05, 4.69) is 10.6 Å². The van der Waals surface area contributed by atoms with Crippen molar-refractivity contribution in [1.82, 2.24) is 15.5 Å². The van der Waals surface area contributed by atoms with Gasteiger partial charge in [-0.1, -0.05) is 30.7 Å². The summed E-state index contributed by atoms with van der Waals surface area (Å²) in [5.41, 5.74) is -0.580. The van der Waals surface area contributed by atoms with E-state index in [-0.39, 0.29) is 18.5 Å². The first kappa shape index (κ1) is 17.3. The third-order valence-electron chi connectivity index (χ3n) is 4.02. The van der Waals surface area contributed by atoms with Gasteiger partial charge in [0.2, 0.25) is 5.91 Å². The number of carbonyl (C=O) groups excluding carboxylic acids is 3. The van der Waals surface area contributed by atoms with Crippen LogP contribution in [0.5, 0.6) is 0 Å². The number of hydrogen-bond donors (Lipinski definition) is 2. The number of amides is 4. The largest absolute Gasteiger partial charge is 0.352 e. The van der Waals surface area contributed by atoms with Gasteiger partial charge in [0.05, 0.1) is 0 Å². The van der Waals surface area contributed by atoms with Gasteiger partial charge in [0.1, 0.15) is 12.1 Å². The molecule has 6 nitrogen and oxygen atoms in total. The Labute approximate surface area is 140 Å². The number of carbonyl (C=O) groups is 3. The summed E-state index contributed by atoms with van der Waals surface area (Å²) < 4.78 is 0. The fourth-order valence-corrected chi connectivity index (χ4v) is 2.51. The summed E-state index contributed by atoms with van der Waals surface area (Å²) in [6.45, 7) is 5.12. The molecule has 2 rings (SSSR count). The molecule has 0 aliphatic carbocycles. The van der Waals surface area contributed by atoms with Crippen LogP contribution in [0.4, 0.5) is 4.79 Å². The number of nitrogens with one attached hydrogen (secondary N) is 2. The van der Waals surface area contributed by atoms with Crippen molar-refractivity contribution in [3.05, 3.63) is 34.9 Å². The van der Waals surface area contributed by atoms with Crippen molar-refractivity contribution in [2.45, 2.75) is 38.8 Å². The maximum absolute atomic E-state index is 12.6. The first-order valence-electron chi connectivity index (χ1n) is 7.47. The van der Waals surface area contributed by atoms with Crippen molar-refractivity contribution >= 4 is 29.4 Å². The van der Waals surface area contributed by atoms with Crippen molar-refractivity contribution in [3.8, 4) is 0 Å². The lowest BCUT2D eigenvalue weighted by atomic mass is 9.92. The number of nitrogens with zero attached hydrogens (tertiary/aromatic N) is 1.